The number of fused-ring (bicyclic) bond motifs is 2. The summed E-state index contributed by atoms with van der Waals surface area (Å²) in [6, 6.07) is 5.05. The van der Waals surface area contributed by atoms with E-state index in [1.54, 1.807) is 19.2 Å². The molecule has 2 aromatic heterocycles. The molecule has 4 heterocycles. The van der Waals surface area contributed by atoms with E-state index in [4.69, 9.17) is 0 Å². The highest BCUT2D eigenvalue weighted by atomic mass is 19.1. The van der Waals surface area contributed by atoms with E-state index in [0.717, 1.165) is 12.8 Å². The van der Waals surface area contributed by atoms with Crippen molar-refractivity contribution in [1.82, 2.24) is 35.0 Å². The number of rotatable bonds is 4. The van der Waals surface area contributed by atoms with Crippen LogP contribution < -0.4 is 11.0 Å². The number of alkyl halides is 1. The molecule has 170 valence electrons. The fraction of sp³-hybridized carbons (Fsp3) is 0.391. The van der Waals surface area contributed by atoms with Crippen molar-refractivity contribution in [3.63, 3.8) is 0 Å². The Labute approximate surface area is 189 Å². The fourth-order valence-electron chi connectivity index (χ4n) is 4.79. The van der Waals surface area contributed by atoms with Crippen molar-refractivity contribution < 1.29 is 9.50 Å². The van der Waals surface area contributed by atoms with Gasteiger partial charge in [0.25, 0.3) is 0 Å². The molecule has 0 saturated carbocycles. The summed E-state index contributed by atoms with van der Waals surface area (Å²) in [7, 11) is 1.56. The van der Waals surface area contributed by atoms with E-state index in [1.807, 2.05) is 6.92 Å². The molecule has 5 rings (SSSR count). The van der Waals surface area contributed by atoms with Crippen molar-refractivity contribution >= 4 is 5.57 Å². The topological polar surface area (TPSA) is 119 Å². The van der Waals surface area contributed by atoms with Crippen LogP contribution in [0, 0.1) is 5.92 Å². The Bertz CT molecular complexity index is 1290. The summed E-state index contributed by atoms with van der Waals surface area (Å²) in [5.74, 6) is 0.0796. The molecule has 0 amide bonds. The van der Waals surface area contributed by atoms with E-state index < -0.39 is 17.4 Å². The molecule has 2 N–H and O–H groups in total. The van der Waals surface area contributed by atoms with E-state index in [-0.39, 0.29) is 23.5 Å². The molecule has 4 atom stereocenters. The van der Waals surface area contributed by atoms with Gasteiger partial charge < -0.3 is 10.4 Å². The van der Waals surface area contributed by atoms with E-state index in [0.29, 0.717) is 34.6 Å². The molecule has 3 aromatic rings. The number of aromatic hydroxyl groups is 1. The monoisotopic (exact) mass is 449 g/mol. The maximum Gasteiger partial charge on any atom is 0.350 e. The molecule has 0 radical (unpaired) electrons. The third-order valence-electron chi connectivity index (χ3n) is 6.73. The second kappa shape index (κ2) is 7.80. The predicted octanol–water partition coefficient (Wildman–Crippen LogP) is 2.28. The summed E-state index contributed by atoms with van der Waals surface area (Å²) in [5.41, 5.74) is 0.821. The van der Waals surface area contributed by atoms with Crippen LogP contribution in [0.15, 0.2) is 42.1 Å². The van der Waals surface area contributed by atoms with E-state index in [9.17, 15) is 9.90 Å². The number of aromatic nitrogens is 6. The van der Waals surface area contributed by atoms with Gasteiger partial charge in [0.1, 0.15) is 23.9 Å². The number of nitrogens with one attached hydrogen (secondary N) is 1. The van der Waals surface area contributed by atoms with Crippen molar-refractivity contribution in [2.45, 2.75) is 43.9 Å². The van der Waals surface area contributed by atoms with Crippen LogP contribution >= 0.6 is 0 Å². The minimum Gasteiger partial charge on any atom is -0.507 e. The summed E-state index contributed by atoms with van der Waals surface area (Å²) in [6.07, 6.45) is 4.21. The van der Waals surface area contributed by atoms with Crippen LogP contribution in [-0.4, -0.2) is 52.6 Å². The van der Waals surface area contributed by atoms with Crippen LogP contribution in [0.25, 0.3) is 28.2 Å². The number of halogens is 1. The van der Waals surface area contributed by atoms with Crippen LogP contribution in [0.1, 0.15) is 32.0 Å². The van der Waals surface area contributed by atoms with Crippen molar-refractivity contribution in [3.05, 3.63) is 53.6 Å². The quantitative estimate of drug-likeness (QED) is 0.623. The molecule has 2 saturated heterocycles. The first-order chi connectivity index (χ1) is 15.7. The average molecular weight is 449 g/mol. The highest BCUT2D eigenvalue weighted by Crippen LogP contribution is 2.44. The largest absolute Gasteiger partial charge is 0.507 e. The Balaban J connectivity index is 1.38. The zero-order valence-electron chi connectivity index (χ0n) is 18.4. The van der Waals surface area contributed by atoms with E-state index in [2.05, 4.69) is 37.0 Å². The highest BCUT2D eigenvalue weighted by Gasteiger charge is 2.51. The predicted molar refractivity (Wildman–Crippen MR) is 120 cm³/mol. The van der Waals surface area contributed by atoms with Crippen molar-refractivity contribution in [2.24, 2.45) is 13.0 Å². The molecule has 2 fully saturated rings. The third-order valence-corrected chi connectivity index (χ3v) is 6.73. The number of hydrogen-bond acceptors (Lipinski definition) is 8. The van der Waals surface area contributed by atoms with E-state index in [1.165, 1.54) is 23.2 Å². The first kappa shape index (κ1) is 21.3. The van der Waals surface area contributed by atoms with Gasteiger partial charge in [-0.05, 0) is 43.9 Å². The minimum atomic E-state index is -1.07. The summed E-state index contributed by atoms with van der Waals surface area (Å²) in [5, 5.41) is 22.3. The molecule has 9 nitrogen and oxygen atoms in total. The normalized spacial score (nSPS) is 26.3. The Morgan fingerprint density at radius 3 is 2.85 bits per heavy atom. The smallest absolute Gasteiger partial charge is 0.350 e. The number of phenols is 1. The SMILES string of the molecule is C=C(c1ncc(-c2ccc(-c3ncn(C)c(=O)n3)cc2O)nn1)[C@@H]1C[C@H]2CC[C@](C)(N2)[C@@H]1F. The van der Waals surface area contributed by atoms with Gasteiger partial charge in [0, 0.05) is 35.7 Å². The number of hydrogen-bond donors (Lipinski definition) is 2. The number of aryl methyl sites for hydroxylation is 1. The number of allylic oxidation sites excluding steroid dienone is 1. The summed E-state index contributed by atoms with van der Waals surface area (Å²) in [4.78, 5) is 24.1. The number of nitrogens with zero attached hydrogens (tertiary/aromatic N) is 6. The molecule has 2 bridgehead atoms. The summed E-state index contributed by atoms with van der Waals surface area (Å²) < 4.78 is 16.5. The standard InChI is InChI=1S/C23H24FN7O2/c1-12(16-9-14-6-7-23(2,28-14)19(16)24)20-25-10-17(29-30-20)15-5-4-13(8-18(15)32)21-26-11-31(3)22(33)27-21/h4-5,8,10-11,14,16,19,28,32H,1,6-7,9H2,2-3H3/t14-,16+,19-,23+/m1/s1. The number of piperidine rings is 1. The highest BCUT2D eigenvalue weighted by molar-refractivity contribution is 5.71. The van der Waals surface area contributed by atoms with Gasteiger partial charge in [-0.2, -0.15) is 4.98 Å². The maximum absolute atomic E-state index is 15.2. The first-order valence-corrected chi connectivity index (χ1v) is 10.8. The summed E-state index contributed by atoms with van der Waals surface area (Å²) >= 11 is 0. The Morgan fingerprint density at radius 2 is 2.15 bits per heavy atom. The van der Waals surface area contributed by atoms with Gasteiger partial charge in [0.2, 0.25) is 0 Å². The molecule has 10 heteroatoms. The number of benzene rings is 1. The molecule has 0 spiro atoms. The molecule has 0 unspecified atom stereocenters. The lowest BCUT2D eigenvalue weighted by atomic mass is 9.78. The van der Waals surface area contributed by atoms with E-state index >= 15 is 4.39 Å². The molecule has 0 aliphatic carbocycles. The Morgan fingerprint density at radius 1 is 1.33 bits per heavy atom. The average Bonchev–Trinajstić information content (AvgIpc) is 3.15. The zero-order valence-corrected chi connectivity index (χ0v) is 18.4. The van der Waals surface area contributed by atoms with Gasteiger partial charge in [-0.1, -0.05) is 12.6 Å². The molecular weight excluding hydrogens is 425 g/mol. The van der Waals surface area contributed by atoms with Crippen LogP contribution in [0.5, 0.6) is 5.75 Å². The first-order valence-electron chi connectivity index (χ1n) is 10.8. The Hall–Kier alpha value is -3.53. The van der Waals surface area contributed by atoms with Crippen molar-refractivity contribution in [2.75, 3.05) is 0 Å². The molecular formula is C23H24FN7O2. The zero-order chi connectivity index (χ0) is 23.3. The van der Waals surface area contributed by atoms with Crippen LogP contribution in [0.3, 0.4) is 0 Å². The minimum absolute atomic E-state index is 0.0777. The van der Waals surface area contributed by atoms with Gasteiger partial charge in [0.05, 0.1) is 6.20 Å². The lowest BCUT2D eigenvalue weighted by molar-refractivity contribution is 0.102. The maximum atomic E-state index is 15.2. The second-order valence-electron chi connectivity index (χ2n) is 9.04. The van der Waals surface area contributed by atoms with Crippen LogP contribution in [0.2, 0.25) is 0 Å². The van der Waals surface area contributed by atoms with Crippen molar-refractivity contribution in [1.29, 1.82) is 0 Å². The van der Waals surface area contributed by atoms with Gasteiger partial charge in [-0.25, -0.2) is 19.2 Å². The second-order valence-corrected chi connectivity index (χ2v) is 9.04. The number of phenolic OH excluding ortho intramolecular Hbond substituents is 1. The van der Waals surface area contributed by atoms with Gasteiger partial charge >= 0.3 is 5.69 Å². The van der Waals surface area contributed by atoms with Gasteiger partial charge in [-0.3, -0.25) is 4.57 Å². The fourth-order valence-corrected chi connectivity index (χ4v) is 4.79. The molecule has 2 aliphatic heterocycles. The molecule has 2 aliphatic rings. The van der Waals surface area contributed by atoms with Crippen molar-refractivity contribution in [3.8, 4) is 28.4 Å². The summed E-state index contributed by atoms with van der Waals surface area (Å²) in [6.45, 7) is 6.00. The third kappa shape index (κ3) is 3.70. The molecule has 1 aromatic carbocycles. The lowest BCUT2D eigenvalue weighted by Gasteiger charge is -2.40. The van der Waals surface area contributed by atoms with Gasteiger partial charge in [-0.15, -0.1) is 10.2 Å². The Kier molecular flexibility index (Phi) is 5.04. The lowest BCUT2D eigenvalue weighted by Crippen LogP contribution is -2.56. The van der Waals surface area contributed by atoms with Crippen LogP contribution in [0.4, 0.5) is 4.39 Å². The van der Waals surface area contributed by atoms with Crippen LogP contribution in [-0.2, 0) is 7.05 Å². The van der Waals surface area contributed by atoms with Gasteiger partial charge in [0.15, 0.2) is 11.6 Å². The molecule has 33 heavy (non-hydrogen) atoms.